The molecule has 1 aromatic carbocycles. The van der Waals surface area contributed by atoms with Gasteiger partial charge in [-0.15, -0.1) is 11.3 Å². The zero-order chi connectivity index (χ0) is 10.1. The lowest BCUT2D eigenvalue weighted by molar-refractivity contribution is 0.0967. The maximum atomic E-state index is 11.4. The van der Waals surface area contributed by atoms with Crippen molar-refractivity contribution in [3.8, 4) is 0 Å². The first-order valence-corrected chi connectivity index (χ1v) is 5.73. The van der Waals surface area contributed by atoms with E-state index in [4.69, 9.17) is 0 Å². The van der Waals surface area contributed by atoms with E-state index in [9.17, 15) is 4.79 Å². The number of benzene rings is 1. The lowest BCUT2D eigenvalue weighted by atomic mass is 10.2. The van der Waals surface area contributed by atoms with Gasteiger partial charge in [0.15, 0.2) is 0 Å². The summed E-state index contributed by atoms with van der Waals surface area (Å²) in [5, 5.41) is 3.72. The van der Waals surface area contributed by atoms with E-state index in [2.05, 4.69) is 21.2 Å². The number of fused-ring (bicyclic) bond motifs is 1. The molecule has 1 heterocycles. The number of carbonyl (C=O) groups is 1. The molecule has 0 bridgehead atoms. The molecule has 2 aromatic rings. The molecule has 0 unspecified atom stereocenters. The highest BCUT2D eigenvalue weighted by Gasteiger charge is 2.09. The highest BCUT2D eigenvalue weighted by Crippen LogP contribution is 2.31. The Bertz CT molecular complexity index is 492. The summed E-state index contributed by atoms with van der Waals surface area (Å²) < 4.78 is 2.15. The molecule has 72 valence electrons. The number of amides is 1. The number of halogens is 1. The maximum Gasteiger partial charge on any atom is 0.261 e. The van der Waals surface area contributed by atoms with Crippen molar-refractivity contribution in [2.45, 2.75) is 0 Å². The van der Waals surface area contributed by atoms with Crippen molar-refractivity contribution >= 4 is 43.3 Å². The molecule has 0 fully saturated rings. The van der Waals surface area contributed by atoms with Gasteiger partial charge < -0.3 is 5.32 Å². The van der Waals surface area contributed by atoms with Crippen LogP contribution in [0.15, 0.2) is 28.7 Å². The summed E-state index contributed by atoms with van der Waals surface area (Å²) in [6.07, 6.45) is 0. The quantitative estimate of drug-likeness (QED) is 0.847. The van der Waals surface area contributed by atoms with E-state index in [1.54, 1.807) is 7.05 Å². The average Bonchev–Trinajstić information content (AvgIpc) is 2.62. The molecule has 2 rings (SSSR count). The number of hydrogen-bond donors (Lipinski definition) is 1. The molecule has 0 saturated carbocycles. The minimum absolute atomic E-state index is 0.0295. The Morgan fingerprint density at radius 2 is 2.29 bits per heavy atom. The molecular weight excluding hydrogens is 262 g/mol. The zero-order valence-corrected chi connectivity index (χ0v) is 9.91. The van der Waals surface area contributed by atoms with Crippen LogP contribution in [0.25, 0.3) is 10.1 Å². The highest BCUT2D eigenvalue weighted by atomic mass is 79.9. The molecular formula is C10H8BrNOS. The second-order valence-electron chi connectivity index (χ2n) is 2.85. The van der Waals surface area contributed by atoms with Crippen molar-refractivity contribution in [2.75, 3.05) is 7.05 Å². The normalized spacial score (nSPS) is 10.4. The van der Waals surface area contributed by atoms with E-state index in [-0.39, 0.29) is 5.91 Å². The van der Waals surface area contributed by atoms with Gasteiger partial charge in [0.2, 0.25) is 0 Å². The standard InChI is InChI=1S/C10H8BrNOS/c1-12-10(13)8-5-6-3-2-4-7(11)9(6)14-8/h2-5H,1H3,(H,12,13). The van der Waals surface area contributed by atoms with Gasteiger partial charge in [0, 0.05) is 16.2 Å². The van der Waals surface area contributed by atoms with Crippen LogP contribution in [0.2, 0.25) is 0 Å². The third-order valence-electron chi connectivity index (χ3n) is 1.95. The summed E-state index contributed by atoms with van der Waals surface area (Å²) in [7, 11) is 1.64. The van der Waals surface area contributed by atoms with Gasteiger partial charge in [0.05, 0.1) is 4.88 Å². The number of carbonyl (C=O) groups excluding carboxylic acids is 1. The number of rotatable bonds is 1. The Morgan fingerprint density at radius 1 is 1.50 bits per heavy atom. The topological polar surface area (TPSA) is 29.1 Å². The summed E-state index contributed by atoms with van der Waals surface area (Å²) in [6.45, 7) is 0. The fraction of sp³-hybridized carbons (Fsp3) is 0.100. The van der Waals surface area contributed by atoms with Crippen LogP contribution in [0.3, 0.4) is 0 Å². The zero-order valence-electron chi connectivity index (χ0n) is 7.50. The van der Waals surface area contributed by atoms with Crippen LogP contribution in [0.4, 0.5) is 0 Å². The van der Waals surface area contributed by atoms with Crippen molar-refractivity contribution in [3.05, 3.63) is 33.6 Å². The summed E-state index contributed by atoms with van der Waals surface area (Å²) in [6, 6.07) is 7.85. The minimum atomic E-state index is -0.0295. The van der Waals surface area contributed by atoms with Gasteiger partial charge in [0.25, 0.3) is 5.91 Å². The van der Waals surface area contributed by atoms with Crippen molar-refractivity contribution < 1.29 is 4.79 Å². The SMILES string of the molecule is CNC(=O)c1cc2cccc(Br)c2s1. The first kappa shape index (κ1) is 9.68. The van der Waals surface area contributed by atoms with Crippen LogP contribution in [0.1, 0.15) is 9.67 Å². The van der Waals surface area contributed by atoms with Crippen molar-refractivity contribution in [3.63, 3.8) is 0 Å². The first-order valence-electron chi connectivity index (χ1n) is 4.12. The Hall–Kier alpha value is -0.870. The smallest absolute Gasteiger partial charge is 0.261 e. The van der Waals surface area contributed by atoms with Gasteiger partial charge in [-0.2, -0.15) is 0 Å². The van der Waals surface area contributed by atoms with Gasteiger partial charge in [-0.05, 0) is 33.4 Å². The van der Waals surface area contributed by atoms with Crippen LogP contribution in [-0.2, 0) is 0 Å². The monoisotopic (exact) mass is 269 g/mol. The van der Waals surface area contributed by atoms with Crippen LogP contribution >= 0.6 is 27.3 Å². The van der Waals surface area contributed by atoms with Crippen LogP contribution < -0.4 is 5.32 Å². The Kier molecular flexibility index (Phi) is 2.56. The predicted octanol–water partition coefficient (Wildman–Crippen LogP) is 3.02. The lowest BCUT2D eigenvalue weighted by Crippen LogP contribution is -2.15. The molecule has 4 heteroatoms. The van der Waals surface area contributed by atoms with E-state index in [1.807, 2.05) is 24.3 Å². The Morgan fingerprint density at radius 3 is 2.93 bits per heavy atom. The van der Waals surface area contributed by atoms with Crippen molar-refractivity contribution in [1.29, 1.82) is 0 Å². The minimum Gasteiger partial charge on any atom is -0.354 e. The molecule has 2 nitrogen and oxygen atoms in total. The maximum absolute atomic E-state index is 11.4. The molecule has 1 N–H and O–H groups in total. The van der Waals surface area contributed by atoms with E-state index >= 15 is 0 Å². The number of nitrogens with one attached hydrogen (secondary N) is 1. The Balaban J connectivity index is 2.62. The van der Waals surface area contributed by atoms with Gasteiger partial charge in [-0.3, -0.25) is 4.79 Å². The second-order valence-corrected chi connectivity index (χ2v) is 4.75. The molecule has 0 atom stereocenters. The molecule has 0 spiro atoms. The van der Waals surface area contributed by atoms with E-state index in [1.165, 1.54) is 11.3 Å². The summed E-state index contributed by atoms with van der Waals surface area (Å²) in [5.41, 5.74) is 0. The van der Waals surface area contributed by atoms with Crippen molar-refractivity contribution in [2.24, 2.45) is 0 Å². The molecule has 0 saturated heterocycles. The molecule has 0 aliphatic carbocycles. The third kappa shape index (κ3) is 1.55. The number of thiophene rings is 1. The van der Waals surface area contributed by atoms with Crippen LogP contribution in [0.5, 0.6) is 0 Å². The predicted molar refractivity (Wildman–Crippen MR) is 62.9 cm³/mol. The molecule has 0 radical (unpaired) electrons. The summed E-state index contributed by atoms with van der Waals surface area (Å²) >= 11 is 4.96. The number of hydrogen-bond acceptors (Lipinski definition) is 2. The first-order chi connectivity index (χ1) is 6.72. The largest absolute Gasteiger partial charge is 0.354 e. The van der Waals surface area contributed by atoms with Crippen LogP contribution in [-0.4, -0.2) is 13.0 Å². The van der Waals surface area contributed by atoms with Gasteiger partial charge in [0.1, 0.15) is 0 Å². The lowest BCUT2D eigenvalue weighted by Gasteiger charge is -1.91. The second kappa shape index (κ2) is 3.71. The van der Waals surface area contributed by atoms with Crippen molar-refractivity contribution in [1.82, 2.24) is 5.32 Å². The summed E-state index contributed by atoms with van der Waals surface area (Å²) in [5.74, 6) is -0.0295. The fourth-order valence-corrected chi connectivity index (χ4v) is 2.90. The molecule has 1 amide bonds. The summed E-state index contributed by atoms with van der Waals surface area (Å²) in [4.78, 5) is 12.1. The van der Waals surface area contributed by atoms with Gasteiger partial charge in [-0.1, -0.05) is 12.1 Å². The van der Waals surface area contributed by atoms with E-state index < -0.39 is 0 Å². The van der Waals surface area contributed by atoms with Gasteiger partial charge >= 0.3 is 0 Å². The molecule has 1 aromatic heterocycles. The Labute approximate surface area is 94.1 Å². The van der Waals surface area contributed by atoms with E-state index in [0.29, 0.717) is 0 Å². The highest BCUT2D eigenvalue weighted by molar-refractivity contribution is 9.10. The molecule has 14 heavy (non-hydrogen) atoms. The van der Waals surface area contributed by atoms with E-state index in [0.717, 1.165) is 19.4 Å². The molecule has 0 aliphatic rings. The average molecular weight is 270 g/mol. The molecule has 0 aliphatic heterocycles. The fourth-order valence-electron chi connectivity index (χ4n) is 1.26. The third-order valence-corrected chi connectivity index (χ3v) is 4.05. The van der Waals surface area contributed by atoms with Gasteiger partial charge in [-0.25, -0.2) is 0 Å². The van der Waals surface area contributed by atoms with Crippen LogP contribution in [0, 0.1) is 0 Å².